The van der Waals surface area contributed by atoms with Gasteiger partial charge < -0.3 is 5.32 Å². The summed E-state index contributed by atoms with van der Waals surface area (Å²) in [6.45, 7) is 10.1. The van der Waals surface area contributed by atoms with Crippen LogP contribution in [0.15, 0.2) is 12.1 Å². The first kappa shape index (κ1) is 15.8. The Morgan fingerprint density at radius 1 is 1.33 bits per heavy atom. The molecular formula is C16H22ClN3O. The Morgan fingerprint density at radius 3 is 2.48 bits per heavy atom. The molecule has 0 atom stereocenters. The lowest BCUT2D eigenvalue weighted by Gasteiger charge is -2.20. The minimum atomic E-state index is -0.105. The molecule has 114 valence electrons. The van der Waals surface area contributed by atoms with Crippen LogP contribution in [0.3, 0.4) is 0 Å². The number of nitrogens with zero attached hydrogens (tertiary/aromatic N) is 2. The monoisotopic (exact) mass is 307 g/mol. The highest BCUT2D eigenvalue weighted by atomic mass is 35.5. The van der Waals surface area contributed by atoms with Crippen molar-refractivity contribution in [3.05, 3.63) is 22.7 Å². The number of fused-ring (bicyclic) bond motifs is 1. The van der Waals surface area contributed by atoms with E-state index in [0.29, 0.717) is 10.8 Å². The van der Waals surface area contributed by atoms with Crippen LogP contribution in [0.2, 0.25) is 5.02 Å². The molecule has 0 aliphatic rings. The molecule has 1 aromatic heterocycles. The summed E-state index contributed by atoms with van der Waals surface area (Å²) in [4.78, 5) is 12.0. The van der Waals surface area contributed by atoms with Crippen LogP contribution in [-0.4, -0.2) is 15.7 Å². The van der Waals surface area contributed by atoms with Gasteiger partial charge in [0.1, 0.15) is 0 Å². The van der Waals surface area contributed by atoms with Crippen LogP contribution in [0.1, 0.15) is 40.2 Å². The van der Waals surface area contributed by atoms with Crippen molar-refractivity contribution in [3.8, 4) is 0 Å². The second-order valence-electron chi connectivity index (χ2n) is 6.68. The first-order valence-corrected chi connectivity index (χ1v) is 7.47. The first-order chi connectivity index (χ1) is 9.62. The molecule has 1 amide bonds. The van der Waals surface area contributed by atoms with Gasteiger partial charge >= 0.3 is 0 Å². The van der Waals surface area contributed by atoms with E-state index in [2.05, 4.69) is 31.2 Å². The molecule has 0 fully saturated rings. The zero-order valence-electron chi connectivity index (χ0n) is 13.4. The summed E-state index contributed by atoms with van der Waals surface area (Å²) in [6, 6.07) is 3.90. The predicted octanol–water partition coefficient (Wildman–Crippen LogP) is 4.12. The second kappa shape index (κ2) is 5.34. The van der Waals surface area contributed by atoms with Crippen molar-refractivity contribution in [1.29, 1.82) is 0 Å². The summed E-state index contributed by atoms with van der Waals surface area (Å²) in [5, 5.41) is 8.72. The number of rotatable bonds is 2. The molecule has 2 aromatic rings. The Labute approximate surface area is 130 Å². The lowest BCUT2D eigenvalue weighted by Crippen LogP contribution is -2.18. The van der Waals surface area contributed by atoms with Crippen LogP contribution >= 0.6 is 11.6 Å². The van der Waals surface area contributed by atoms with E-state index in [4.69, 9.17) is 11.6 Å². The zero-order chi connectivity index (χ0) is 15.9. The van der Waals surface area contributed by atoms with Gasteiger partial charge in [0.2, 0.25) is 5.91 Å². The lowest BCUT2D eigenvalue weighted by atomic mass is 9.85. The SMILES string of the molecule is CC(C)C(=O)Nc1nn(C)c2c(C(C)(C)C)ccc(Cl)c12. The van der Waals surface area contributed by atoms with Gasteiger partial charge in [0.05, 0.1) is 15.9 Å². The van der Waals surface area contributed by atoms with E-state index in [9.17, 15) is 4.79 Å². The molecule has 0 saturated heterocycles. The van der Waals surface area contributed by atoms with Gasteiger partial charge in [-0.1, -0.05) is 52.3 Å². The van der Waals surface area contributed by atoms with E-state index in [1.165, 1.54) is 0 Å². The summed E-state index contributed by atoms with van der Waals surface area (Å²) in [6.07, 6.45) is 0. The average molecular weight is 308 g/mol. The Balaban J connectivity index is 2.69. The fourth-order valence-electron chi connectivity index (χ4n) is 2.33. The van der Waals surface area contributed by atoms with E-state index in [0.717, 1.165) is 16.5 Å². The summed E-state index contributed by atoms with van der Waals surface area (Å²) < 4.78 is 1.79. The average Bonchev–Trinajstić information content (AvgIpc) is 2.66. The number of halogens is 1. The molecule has 1 N–H and O–H groups in total. The van der Waals surface area contributed by atoms with E-state index < -0.39 is 0 Å². The van der Waals surface area contributed by atoms with Gasteiger partial charge in [-0.05, 0) is 17.0 Å². The summed E-state index contributed by atoms with van der Waals surface area (Å²) in [5.41, 5.74) is 2.09. The molecular weight excluding hydrogens is 286 g/mol. The maximum absolute atomic E-state index is 12.0. The quantitative estimate of drug-likeness (QED) is 0.907. The van der Waals surface area contributed by atoms with Gasteiger partial charge in [-0.25, -0.2) is 0 Å². The third-order valence-electron chi connectivity index (χ3n) is 3.51. The van der Waals surface area contributed by atoms with E-state index in [-0.39, 0.29) is 17.2 Å². The minimum Gasteiger partial charge on any atom is -0.308 e. The second-order valence-corrected chi connectivity index (χ2v) is 7.09. The molecule has 0 saturated carbocycles. The van der Waals surface area contributed by atoms with Crippen LogP contribution in [0, 0.1) is 5.92 Å². The largest absolute Gasteiger partial charge is 0.308 e. The van der Waals surface area contributed by atoms with Crippen molar-refractivity contribution >= 4 is 34.2 Å². The number of aromatic nitrogens is 2. The van der Waals surface area contributed by atoms with Gasteiger partial charge in [-0.2, -0.15) is 5.10 Å². The number of hydrogen-bond acceptors (Lipinski definition) is 2. The minimum absolute atomic E-state index is 0.0318. The van der Waals surface area contributed by atoms with Crippen LogP contribution in [0.25, 0.3) is 10.9 Å². The fraction of sp³-hybridized carbons (Fsp3) is 0.500. The number of nitrogens with one attached hydrogen (secondary N) is 1. The number of aryl methyl sites for hydroxylation is 1. The maximum atomic E-state index is 12.0. The van der Waals surface area contributed by atoms with E-state index in [1.54, 1.807) is 4.68 Å². The van der Waals surface area contributed by atoms with Crippen LogP contribution in [0.4, 0.5) is 5.82 Å². The van der Waals surface area contributed by atoms with Crippen molar-refractivity contribution in [2.24, 2.45) is 13.0 Å². The van der Waals surface area contributed by atoms with E-state index in [1.807, 2.05) is 33.0 Å². The molecule has 0 unspecified atom stereocenters. The molecule has 1 heterocycles. The van der Waals surface area contributed by atoms with Gasteiger partial charge in [-0.15, -0.1) is 0 Å². The van der Waals surface area contributed by atoms with Crippen molar-refractivity contribution in [2.75, 3.05) is 5.32 Å². The molecule has 2 rings (SSSR count). The van der Waals surface area contributed by atoms with Gasteiger partial charge in [-0.3, -0.25) is 9.48 Å². The van der Waals surface area contributed by atoms with Gasteiger partial charge in [0.15, 0.2) is 5.82 Å². The molecule has 0 aliphatic carbocycles. The Bertz CT molecular complexity index is 696. The molecule has 0 radical (unpaired) electrons. The summed E-state index contributed by atoms with van der Waals surface area (Å²) in [5.74, 6) is 0.362. The third-order valence-corrected chi connectivity index (χ3v) is 3.83. The number of benzene rings is 1. The Hall–Kier alpha value is -1.55. The highest BCUT2D eigenvalue weighted by Gasteiger charge is 2.23. The molecule has 5 heteroatoms. The van der Waals surface area contributed by atoms with Crippen LogP contribution in [-0.2, 0) is 17.3 Å². The maximum Gasteiger partial charge on any atom is 0.228 e. The number of carbonyl (C=O) groups is 1. The molecule has 0 bridgehead atoms. The molecule has 21 heavy (non-hydrogen) atoms. The smallest absolute Gasteiger partial charge is 0.228 e. The highest BCUT2D eigenvalue weighted by Crippen LogP contribution is 2.37. The third kappa shape index (κ3) is 2.91. The van der Waals surface area contributed by atoms with Crippen molar-refractivity contribution in [2.45, 2.75) is 40.0 Å². The predicted molar refractivity (Wildman–Crippen MR) is 87.9 cm³/mol. The lowest BCUT2D eigenvalue weighted by molar-refractivity contribution is -0.118. The highest BCUT2D eigenvalue weighted by molar-refractivity contribution is 6.36. The number of amides is 1. The summed E-state index contributed by atoms with van der Waals surface area (Å²) in [7, 11) is 1.87. The van der Waals surface area contributed by atoms with Crippen molar-refractivity contribution < 1.29 is 4.79 Å². The molecule has 4 nitrogen and oxygen atoms in total. The fourth-order valence-corrected chi connectivity index (χ4v) is 2.57. The van der Waals surface area contributed by atoms with Gasteiger partial charge in [0.25, 0.3) is 0 Å². The standard InChI is InChI=1S/C16H22ClN3O/c1-9(2)15(21)18-14-12-11(17)8-7-10(16(3,4)5)13(12)20(6)19-14/h7-9H,1-6H3,(H,18,19,21). The molecule has 0 aliphatic heterocycles. The molecule has 0 spiro atoms. The number of anilines is 1. The summed E-state index contributed by atoms with van der Waals surface area (Å²) >= 11 is 6.36. The Morgan fingerprint density at radius 2 is 1.95 bits per heavy atom. The zero-order valence-corrected chi connectivity index (χ0v) is 14.2. The number of hydrogen-bond donors (Lipinski definition) is 1. The van der Waals surface area contributed by atoms with E-state index >= 15 is 0 Å². The number of carbonyl (C=O) groups excluding carboxylic acids is 1. The normalized spacial score (nSPS) is 12.2. The topological polar surface area (TPSA) is 46.9 Å². The van der Waals surface area contributed by atoms with Crippen LogP contribution < -0.4 is 5.32 Å². The first-order valence-electron chi connectivity index (χ1n) is 7.09. The van der Waals surface area contributed by atoms with Gasteiger partial charge in [0, 0.05) is 13.0 Å². The Kier molecular flexibility index (Phi) is 4.02. The van der Waals surface area contributed by atoms with Crippen molar-refractivity contribution in [3.63, 3.8) is 0 Å². The van der Waals surface area contributed by atoms with Crippen LogP contribution in [0.5, 0.6) is 0 Å². The van der Waals surface area contributed by atoms with Crippen molar-refractivity contribution in [1.82, 2.24) is 9.78 Å². The molecule has 1 aromatic carbocycles.